The van der Waals surface area contributed by atoms with Crippen LogP contribution in [0.5, 0.6) is 0 Å². The number of nitrogens with one attached hydrogen (secondary N) is 1. The van der Waals surface area contributed by atoms with Gasteiger partial charge in [0.1, 0.15) is 11.6 Å². The van der Waals surface area contributed by atoms with Crippen molar-refractivity contribution in [2.24, 2.45) is 0 Å². The van der Waals surface area contributed by atoms with Gasteiger partial charge in [-0.2, -0.15) is 4.98 Å². The predicted molar refractivity (Wildman–Crippen MR) is 108 cm³/mol. The summed E-state index contributed by atoms with van der Waals surface area (Å²) in [6.07, 6.45) is 1.91. The average Bonchev–Trinajstić information content (AvgIpc) is 3.17. The molecule has 3 aromatic rings. The molecular weight excluding hydrogens is 389 g/mol. The minimum Gasteiger partial charge on any atom is -0.339 e. The first-order valence-corrected chi connectivity index (χ1v) is 9.37. The Morgan fingerprint density at radius 3 is 2.73 bits per heavy atom. The van der Waals surface area contributed by atoms with Crippen molar-refractivity contribution in [2.45, 2.75) is 26.7 Å². The maximum Gasteiger partial charge on any atom is 0.245 e. The van der Waals surface area contributed by atoms with E-state index in [-0.39, 0.29) is 48.7 Å². The number of likely N-dealkylation sites (N-methyl/N-ethyl adjacent to an activating group) is 1. The van der Waals surface area contributed by atoms with Crippen LogP contribution in [0.3, 0.4) is 0 Å². The van der Waals surface area contributed by atoms with Gasteiger partial charge in [0.2, 0.25) is 23.5 Å². The molecule has 0 atom stereocenters. The maximum absolute atomic E-state index is 13.7. The average molecular weight is 411 g/mol. The van der Waals surface area contributed by atoms with Gasteiger partial charge in [0.15, 0.2) is 0 Å². The van der Waals surface area contributed by atoms with Gasteiger partial charge in [-0.05, 0) is 43.2 Å². The van der Waals surface area contributed by atoms with Crippen LogP contribution in [0, 0.1) is 19.7 Å². The molecular formula is C21H22FN5O3. The molecule has 0 radical (unpaired) electrons. The fraction of sp³-hybridized carbons (Fsp3) is 0.286. The molecule has 1 N–H and O–H groups in total. The van der Waals surface area contributed by atoms with Crippen molar-refractivity contribution < 1.29 is 18.5 Å². The Balaban J connectivity index is 1.50. The summed E-state index contributed by atoms with van der Waals surface area (Å²) in [6, 6.07) is 8.24. The van der Waals surface area contributed by atoms with E-state index in [1.807, 2.05) is 13.0 Å². The number of aromatic nitrogens is 3. The van der Waals surface area contributed by atoms with E-state index >= 15 is 0 Å². The fourth-order valence-electron chi connectivity index (χ4n) is 2.70. The summed E-state index contributed by atoms with van der Waals surface area (Å²) in [5.41, 5.74) is 1.99. The van der Waals surface area contributed by atoms with Gasteiger partial charge in [-0.3, -0.25) is 9.59 Å². The van der Waals surface area contributed by atoms with Crippen LogP contribution in [-0.2, 0) is 16.0 Å². The molecule has 1 aromatic carbocycles. The van der Waals surface area contributed by atoms with Gasteiger partial charge >= 0.3 is 0 Å². The predicted octanol–water partition coefficient (Wildman–Crippen LogP) is 2.92. The molecule has 0 fully saturated rings. The Labute approximate surface area is 173 Å². The molecule has 2 aromatic heterocycles. The molecule has 0 bridgehead atoms. The highest BCUT2D eigenvalue weighted by Crippen LogP contribution is 2.19. The zero-order chi connectivity index (χ0) is 21.7. The van der Waals surface area contributed by atoms with Gasteiger partial charge < -0.3 is 14.7 Å². The van der Waals surface area contributed by atoms with E-state index in [1.165, 1.54) is 11.0 Å². The lowest BCUT2D eigenvalue weighted by molar-refractivity contribution is -0.133. The Hall–Kier alpha value is -3.62. The number of hydrogen-bond donors (Lipinski definition) is 1. The zero-order valence-corrected chi connectivity index (χ0v) is 17.0. The molecule has 8 nitrogen and oxygen atoms in total. The second-order valence-corrected chi connectivity index (χ2v) is 6.99. The van der Waals surface area contributed by atoms with Crippen molar-refractivity contribution in [2.75, 3.05) is 18.9 Å². The highest BCUT2D eigenvalue weighted by Gasteiger charge is 2.16. The van der Waals surface area contributed by atoms with Crippen LogP contribution in [0.15, 0.2) is 41.1 Å². The van der Waals surface area contributed by atoms with Crippen LogP contribution in [0.2, 0.25) is 0 Å². The van der Waals surface area contributed by atoms with Gasteiger partial charge in [-0.15, -0.1) is 0 Å². The van der Waals surface area contributed by atoms with Crippen molar-refractivity contribution in [3.05, 3.63) is 59.4 Å². The molecule has 0 aliphatic rings. The Bertz CT molecular complexity index is 1070. The first-order valence-electron chi connectivity index (χ1n) is 9.37. The number of amides is 2. The van der Waals surface area contributed by atoms with E-state index in [4.69, 9.17) is 4.52 Å². The van der Waals surface area contributed by atoms with Crippen LogP contribution in [0.4, 0.5) is 10.2 Å². The molecule has 0 unspecified atom stereocenters. The maximum atomic E-state index is 13.7. The number of carbonyl (C=O) groups excluding carboxylic acids is 2. The van der Waals surface area contributed by atoms with E-state index < -0.39 is 0 Å². The normalized spacial score (nSPS) is 10.7. The number of halogens is 1. The Morgan fingerprint density at radius 2 is 2.00 bits per heavy atom. The van der Waals surface area contributed by atoms with Crippen molar-refractivity contribution in [1.82, 2.24) is 20.0 Å². The van der Waals surface area contributed by atoms with Gasteiger partial charge in [-0.25, -0.2) is 9.37 Å². The van der Waals surface area contributed by atoms with Gasteiger partial charge in [0.05, 0.1) is 6.54 Å². The van der Waals surface area contributed by atoms with Crippen molar-refractivity contribution in [3.8, 4) is 11.4 Å². The lowest BCUT2D eigenvalue weighted by Gasteiger charge is -2.16. The Kier molecular flexibility index (Phi) is 6.51. The summed E-state index contributed by atoms with van der Waals surface area (Å²) >= 11 is 0. The SMILES string of the molecule is Cc1ccnc(NC(=O)CN(C)C(=O)CCc2nc(-c3ccc(C)c(F)c3)no2)c1. The highest BCUT2D eigenvalue weighted by molar-refractivity contribution is 5.93. The molecule has 0 saturated heterocycles. The van der Waals surface area contributed by atoms with Crippen molar-refractivity contribution in [3.63, 3.8) is 0 Å². The standard InChI is InChI=1S/C21H22FN5O3/c1-13-8-9-23-17(10-13)24-18(28)12-27(3)20(29)7-6-19-25-21(26-30-19)15-5-4-14(2)16(22)11-15/h4-5,8-11H,6-7,12H2,1-3H3,(H,23,24,28). The molecule has 0 aliphatic heterocycles. The molecule has 0 aliphatic carbocycles. The molecule has 3 rings (SSSR count). The topological polar surface area (TPSA) is 101 Å². The van der Waals surface area contributed by atoms with Gasteiger partial charge in [-0.1, -0.05) is 17.3 Å². The molecule has 0 saturated carbocycles. The van der Waals surface area contributed by atoms with Crippen LogP contribution in [0.25, 0.3) is 11.4 Å². The van der Waals surface area contributed by atoms with E-state index in [1.54, 1.807) is 38.4 Å². The molecule has 2 amide bonds. The van der Waals surface area contributed by atoms with E-state index in [0.29, 0.717) is 16.9 Å². The van der Waals surface area contributed by atoms with Crippen molar-refractivity contribution >= 4 is 17.6 Å². The number of rotatable bonds is 7. The number of nitrogens with zero attached hydrogens (tertiary/aromatic N) is 4. The molecule has 30 heavy (non-hydrogen) atoms. The smallest absolute Gasteiger partial charge is 0.245 e. The highest BCUT2D eigenvalue weighted by atomic mass is 19.1. The molecule has 156 valence electrons. The van der Waals surface area contributed by atoms with Gasteiger partial charge in [0.25, 0.3) is 0 Å². The summed E-state index contributed by atoms with van der Waals surface area (Å²) in [4.78, 5) is 34.0. The third-order valence-electron chi connectivity index (χ3n) is 4.44. The summed E-state index contributed by atoms with van der Waals surface area (Å²) in [6.45, 7) is 3.46. The number of pyridine rings is 1. The van der Waals surface area contributed by atoms with Crippen LogP contribution >= 0.6 is 0 Å². The lowest BCUT2D eigenvalue weighted by atomic mass is 10.1. The number of anilines is 1. The monoisotopic (exact) mass is 411 g/mol. The van der Waals surface area contributed by atoms with E-state index in [9.17, 15) is 14.0 Å². The van der Waals surface area contributed by atoms with E-state index in [2.05, 4.69) is 20.4 Å². The van der Waals surface area contributed by atoms with E-state index in [0.717, 1.165) is 5.56 Å². The first-order chi connectivity index (χ1) is 14.3. The summed E-state index contributed by atoms with van der Waals surface area (Å²) in [7, 11) is 1.54. The second-order valence-electron chi connectivity index (χ2n) is 6.99. The van der Waals surface area contributed by atoms with Crippen LogP contribution in [-0.4, -0.2) is 45.4 Å². The minimum absolute atomic E-state index is 0.0936. The quantitative estimate of drug-likeness (QED) is 0.642. The zero-order valence-electron chi connectivity index (χ0n) is 17.0. The number of carbonyl (C=O) groups is 2. The number of hydrogen-bond acceptors (Lipinski definition) is 6. The summed E-state index contributed by atoms with van der Waals surface area (Å²) in [5.74, 6) is 0.0198. The third-order valence-corrected chi connectivity index (χ3v) is 4.44. The third kappa shape index (κ3) is 5.47. The molecule has 9 heteroatoms. The van der Waals surface area contributed by atoms with Crippen LogP contribution in [0.1, 0.15) is 23.4 Å². The second kappa shape index (κ2) is 9.25. The fourth-order valence-corrected chi connectivity index (χ4v) is 2.70. The largest absolute Gasteiger partial charge is 0.339 e. The number of aryl methyl sites for hydroxylation is 3. The van der Waals surface area contributed by atoms with Gasteiger partial charge in [0, 0.05) is 31.6 Å². The van der Waals surface area contributed by atoms with Crippen LogP contribution < -0.4 is 5.32 Å². The molecule has 0 spiro atoms. The number of benzene rings is 1. The first kappa shape index (κ1) is 21.1. The molecule has 2 heterocycles. The van der Waals surface area contributed by atoms with Crippen molar-refractivity contribution in [1.29, 1.82) is 0 Å². The minimum atomic E-state index is -0.352. The summed E-state index contributed by atoms with van der Waals surface area (Å²) in [5, 5.41) is 6.49. The summed E-state index contributed by atoms with van der Waals surface area (Å²) < 4.78 is 18.9. The lowest BCUT2D eigenvalue weighted by Crippen LogP contribution is -2.35. The Morgan fingerprint density at radius 1 is 1.20 bits per heavy atom.